The van der Waals surface area contributed by atoms with Crippen molar-refractivity contribution < 1.29 is 23.7 Å². The first-order valence-corrected chi connectivity index (χ1v) is 13.2. The van der Waals surface area contributed by atoms with Crippen LogP contribution in [0.5, 0.6) is 17.2 Å². The Kier molecular flexibility index (Phi) is 7.62. The predicted octanol–water partition coefficient (Wildman–Crippen LogP) is 6.98. The van der Waals surface area contributed by atoms with Gasteiger partial charge in [0.1, 0.15) is 25.6 Å². The van der Waals surface area contributed by atoms with Gasteiger partial charge in [0, 0.05) is 21.2 Å². The molecule has 0 N–H and O–H groups in total. The number of hydrogen-bond acceptors (Lipinski definition) is 6. The predicted molar refractivity (Wildman–Crippen MR) is 146 cm³/mol. The number of carbonyl (C=O) groups is 1. The molecule has 0 bridgehead atoms. The molecule has 1 aliphatic heterocycles. The van der Waals surface area contributed by atoms with Crippen molar-refractivity contribution in [1.82, 2.24) is 0 Å². The van der Waals surface area contributed by atoms with Crippen LogP contribution >= 0.6 is 11.3 Å². The fraction of sp³-hybridized carbons (Fsp3) is 0.258. The summed E-state index contributed by atoms with van der Waals surface area (Å²) in [6, 6.07) is 20.2. The Balaban J connectivity index is 1.31. The summed E-state index contributed by atoms with van der Waals surface area (Å²) in [6.07, 6.45) is 0.236. The lowest BCUT2D eigenvalue weighted by Gasteiger charge is -2.20. The van der Waals surface area contributed by atoms with Crippen LogP contribution in [-0.4, -0.2) is 25.8 Å². The number of fused-ring (bicyclic) bond motifs is 2. The van der Waals surface area contributed by atoms with E-state index < -0.39 is 0 Å². The molecule has 1 atom stereocenters. The van der Waals surface area contributed by atoms with Crippen LogP contribution in [0.2, 0.25) is 0 Å². The Morgan fingerprint density at radius 2 is 1.89 bits per heavy atom. The van der Waals surface area contributed by atoms with E-state index in [1.165, 1.54) is 10.1 Å². The number of hydrogen-bond donors (Lipinski definition) is 0. The van der Waals surface area contributed by atoms with Crippen molar-refractivity contribution in [2.24, 2.45) is 0 Å². The molecule has 1 aliphatic rings. The largest absolute Gasteiger partial charge is 0.489 e. The van der Waals surface area contributed by atoms with Gasteiger partial charge >= 0.3 is 5.97 Å². The lowest BCUT2D eigenvalue weighted by atomic mass is 9.96. The van der Waals surface area contributed by atoms with E-state index in [1.807, 2.05) is 36.4 Å². The Bertz CT molecular complexity index is 1460. The van der Waals surface area contributed by atoms with Crippen LogP contribution in [0.25, 0.3) is 21.2 Å². The van der Waals surface area contributed by atoms with Crippen LogP contribution < -0.4 is 14.2 Å². The highest BCUT2D eigenvalue weighted by Crippen LogP contribution is 2.44. The van der Waals surface area contributed by atoms with Gasteiger partial charge in [-0.15, -0.1) is 17.3 Å². The molecule has 6 heteroatoms. The second-order valence-corrected chi connectivity index (χ2v) is 9.53. The highest BCUT2D eigenvalue weighted by Gasteiger charge is 2.19. The number of ether oxygens (including phenoxy) is 4. The van der Waals surface area contributed by atoms with Gasteiger partial charge in [0.15, 0.2) is 11.5 Å². The molecule has 0 fully saturated rings. The van der Waals surface area contributed by atoms with Gasteiger partial charge in [-0.25, -0.2) is 0 Å². The molecule has 188 valence electrons. The van der Waals surface area contributed by atoms with Crippen molar-refractivity contribution in [2.45, 2.75) is 32.8 Å². The molecule has 0 saturated heterocycles. The molecular formula is C31H28O5S. The van der Waals surface area contributed by atoms with Crippen LogP contribution in [0.4, 0.5) is 0 Å². The molecule has 0 unspecified atom stereocenters. The van der Waals surface area contributed by atoms with Crippen LogP contribution in [0.15, 0.2) is 66.0 Å². The van der Waals surface area contributed by atoms with E-state index in [9.17, 15) is 4.79 Å². The van der Waals surface area contributed by atoms with Crippen molar-refractivity contribution in [2.75, 3.05) is 19.8 Å². The van der Waals surface area contributed by atoms with E-state index in [1.54, 1.807) is 25.2 Å². The van der Waals surface area contributed by atoms with Gasteiger partial charge in [0.2, 0.25) is 0 Å². The molecule has 0 aliphatic carbocycles. The summed E-state index contributed by atoms with van der Waals surface area (Å²) in [5, 5.41) is 3.34. The monoisotopic (exact) mass is 512 g/mol. The third-order valence-electron chi connectivity index (χ3n) is 6.18. The Labute approximate surface area is 220 Å². The standard InChI is InChI=1S/C31H28O5S/c1-3-6-23(18-30(32)33-4-2)22-10-12-24(13-11-22)36-19-21-9-14-29-26(17-21)27(20-37-29)25-7-5-8-28-31(25)35-16-15-34-28/h5,7-14,17,20,23H,4,15-16,18-19H2,1-2H3/t23-/m0/s1. The molecule has 0 saturated carbocycles. The molecule has 0 spiro atoms. The van der Waals surface area contributed by atoms with Crippen molar-refractivity contribution in [1.29, 1.82) is 0 Å². The maximum absolute atomic E-state index is 12.0. The van der Waals surface area contributed by atoms with Gasteiger partial charge < -0.3 is 18.9 Å². The number of rotatable bonds is 8. The maximum Gasteiger partial charge on any atom is 0.307 e. The van der Waals surface area contributed by atoms with Crippen LogP contribution in [0.3, 0.4) is 0 Å². The van der Waals surface area contributed by atoms with Crippen molar-refractivity contribution >= 4 is 27.4 Å². The number of benzene rings is 3. The van der Waals surface area contributed by atoms with E-state index in [2.05, 4.69) is 41.5 Å². The van der Waals surface area contributed by atoms with Crippen LogP contribution in [-0.2, 0) is 16.1 Å². The Morgan fingerprint density at radius 3 is 2.70 bits per heavy atom. The highest BCUT2D eigenvalue weighted by atomic mass is 32.1. The van der Waals surface area contributed by atoms with Crippen LogP contribution in [0, 0.1) is 11.8 Å². The summed E-state index contributed by atoms with van der Waals surface area (Å²) in [4.78, 5) is 12.0. The number of para-hydroxylation sites is 1. The van der Waals surface area contributed by atoms with Gasteiger partial charge in [0.25, 0.3) is 0 Å². The first kappa shape index (κ1) is 24.7. The van der Waals surface area contributed by atoms with Gasteiger partial charge in [-0.05, 0) is 60.7 Å². The molecule has 4 aromatic rings. The zero-order valence-corrected chi connectivity index (χ0v) is 21.7. The molecule has 2 heterocycles. The lowest BCUT2D eigenvalue weighted by Crippen LogP contribution is -2.15. The summed E-state index contributed by atoms with van der Waals surface area (Å²) in [5.74, 6) is 7.95. The Morgan fingerprint density at radius 1 is 1.05 bits per heavy atom. The minimum Gasteiger partial charge on any atom is -0.489 e. The minimum absolute atomic E-state index is 0.198. The average Bonchev–Trinajstić information content (AvgIpc) is 3.35. The second-order valence-electron chi connectivity index (χ2n) is 8.62. The molecule has 0 amide bonds. The highest BCUT2D eigenvalue weighted by molar-refractivity contribution is 7.17. The molecule has 3 aromatic carbocycles. The topological polar surface area (TPSA) is 54.0 Å². The van der Waals surface area contributed by atoms with Crippen molar-refractivity contribution in [3.63, 3.8) is 0 Å². The zero-order valence-electron chi connectivity index (χ0n) is 20.9. The summed E-state index contributed by atoms with van der Waals surface area (Å²) in [7, 11) is 0. The lowest BCUT2D eigenvalue weighted by molar-refractivity contribution is -0.143. The smallest absolute Gasteiger partial charge is 0.307 e. The third kappa shape index (κ3) is 5.58. The van der Waals surface area contributed by atoms with Gasteiger partial charge in [-0.1, -0.05) is 36.3 Å². The SMILES string of the molecule is CC#C[C@@H](CC(=O)OCC)c1ccc(OCc2ccc3scc(-c4cccc5c4OCCO5)c3c2)cc1. The molecule has 1 aromatic heterocycles. The molecule has 37 heavy (non-hydrogen) atoms. The van der Waals surface area contributed by atoms with Gasteiger partial charge in [-0.3, -0.25) is 4.79 Å². The van der Waals surface area contributed by atoms with Crippen molar-refractivity contribution in [3.8, 4) is 40.2 Å². The minimum atomic E-state index is -0.242. The van der Waals surface area contributed by atoms with E-state index in [0.29, 0.717) is 26.4 Å². The fourth-order valence-electron chi connectivity index (χ4n) is 4.44. The van der Waals surface area contributed by atoms with E-state index in [0.717, 1.165) is 39.5 Å². The van der Waals surface area contributed by atoms with Gasteiger partial charge in [0.05, 0.1) is 18.9 Å². The van der Waals surface area contributed by atoms with Crippen molar-refractivity contribution in [3.05, 3.63) is 77.2 Å². The van der Waals surface area contributed by atoms with E-state index >= 15 is 0 Å². The summed E-state index contributed by atoms with van der Waals surface area (Å²) >= 11 is 1.72. The second kappa shape index (κ2) is 11.4. The van der Waals surface area contributed by atoms with E-state index in [4.69, 9.17) is 18.9 Å². The first-order valence-electron chi connectivity index (χ1n) is 12.4. The number of esters is 1. The molecule has 5 nitrogen and oxygen atoms in total. The number of thiophene rings is 1. The maximum atomic E-state index is 12.0. The van der Waals surface area contributed by atoms with Gasteiger partial charge in [-0.2, -0.15) is 0 Å². The first-order chi connectivity index (χ1) is 18.2. The Hall–Kier alpha value is -3.95. The average molecular weight is 513 g/mol. The van der Waals surface area contributed by atoms with E-state index in [-0.39, 0.29) is 18.3 Å². The zero-order chi connectivity index (χ0) is 25.6. The summed E-state index contributed by atoms with van der Waals surface area (Å²) < 4.78 is 24.1. The fourth-order valence-corrected chi connectivity index (χ4v) is 5.38. The normalized spacial score (nSPS) is 12.9. The summed E-state index contributed by atoms with van der Waals surface area (Å²) in [5.41, 5.74) is 4.23. The molecule has 0 radical (unpaired) electrons. The quantitative estimate of drug-likeness (QED) is 0.188. The summed E-state index contributed by atoms with van der Waals surface area (Å²) in [6.45, 7) is 5.52. The molecular weight excluding hydrogens is 484 g/mol. The van der Waals surface area contributed by atoms with Crippen LogP contribution in [0.1, 0.15) is 37.3 Å². The third-order valence-corrected chi connectivity index (χ3v) is 7.14. The molecule has 5 rings (SSSR count). The number of carbonyl (C=O) groups excluding carboxylic acids is 1.